The van der Waals surface area contributed by atoms with Crippen molar-refractivity contribution in [3.63, 3.8) is 0 Å². The summed E-state index contributed by atoms with van der Waals surface area (Å²) in [4.78, 5) is 26.2. The molecule has 0 spiro atoms. The highest BCUT2D eigenvalue weighted by Crippen LogP contribution is 2.39. The number of hydrogen-bond donors (Lipinski definition) is 1. The van der Waals surface area contributed by atoms with Gasteiger partial charge in [0.05, 0.1) is 12.2 Å². The number of anilines is 1. The number of aryl methyl sites for hydroxylation is 1. The van der Waals surface area contributed by atoms with Crippen LogP contribution >= 0.6 is 11.3 Å². The Morgan fingerprint density at radius 3 is 2.61 bits per heavy atom. The predicted molar refractivity (Wildman–Crippen MR) is 92.1 cm³/mol. The molecule has 1 aromatic heterocycles. The van der Waals surface area contributed by atoms with Crippen molar-refractivity contribution in [3.05, 3.63) is 16.0 Å². The minimum atomic E-state index is -0.286. The van der Waals surface area contributed by atoms with Gasteiger partial charge >= 0.3 is 5.97 Å². The van der Waals surface area contributed by atoms with Gasteiger partial charge in [-0.25, -0.2) is 4.79 Å². The van der Waals surface area contributed by atoms with E-state index >= 15 is 0 Å². The molecule has 0 atom stereocenters. The molecular weight excluding hydrogens is 310 g/mol. The summed E-state index contributed by atoms with van der Waals surface area (Å²) in [7, 11) is 0. The first-order chi connectivity index (χ1) is 11.2. The van der Waals surface area contributed by atoms with Gasteiger partial charge in [-0.3, -0.25) is 4.79 Å². The maximum atomic E-state index is 12.6. The largest absolute Gasteiger partial charge is 0.462 e. The molecule has 1 heterocycles. The number of carbonyl (C=O) groups is 2. The molecule has 0 aromatic carbocycles. The summed E-state index contributed by atoms with van der Waals surface area (Å²) in [6, 6.07) is 0. The summed E-state index contributed by atoms with van der Waals surface area (Å²) in [6.45, 7) is 2.18. The van der Waals surface area contributed by atoms with Gasteiger partial charge in [0.2, 0.25) is 5.91 Å². The first-order valence-corrected chi connectivity index (χ1v) is 9.65. The summed E-state index contributed by atoms with van der Waals surface area (Å²) in [5.41, 5.74) is 1.73. The topological polar surface area (TPSA) is 55.4 Å². The zero-order chi connectivity index (χ0) is 16.2. The van der Waals surface area contributed by atoms with Crippen LogP contribution in [0.1, 0.15) is 72.7 Å². The van der Waals surface area contributed by atoms with E-state index in [9.17, 15) is 9.59 Å². The lowest BCUT2D eigenvalue weighted by molar-refractivity contribution is -0.120. The number of thiophene rings is 1. The second kappa shape index (κ2) is 7.47. The van der Waals surface area contributed by atoms with Gasteiger partial charge in [-0.05, 0) is 51.0 Å². The van der Waals surface area contributed by atoms with E-state index in [1.165, 1.54) is 11.3 Å². The monoisotopic (exact) mass is 335 g/mol. The highest BCUT2D eigenvalue weighted by molar-refractivity contribution is 7.17. The van der Waals surface area contributed by atoms with Gasteiger partial charge in [-0.2, -0.15) is 0 Å². The van der Waals surface area contributed by atoms with E-state index in [4.69, 9.17) is 4.74 Å². The fourth-order valence-electron chi connectivity index (χ4n) is 3.65. The Morgan fingerprint density at radius 2 is 1.87 bits per heavy atom. The molecule has 23 heavy (non-hydrogen) atoms. The smallest absolute Gasteiger partial charge is 0.341 e. The van der Waals surface area contributed by atoms with Crippen LogP contribution in [0.3, 0.4) is 0 Å². The summed E-state index contributed by atoms with van der Waals surface area (Å²) in [5, 5.41) is 3.77. The van der Waals surface area contributed by atoms with Gasteiger partial charge in [0.15, 0.2) is 0 Å². The van der Waals surface area contributed by atoms with Crippen molar-refractivity contribution in [2.45, 2.75) is 64.7 Å². The Balaban J connectivity index is 1.83. The SMILES string of the molecule is CCOC(=O)c1c(NC(=O)C2CCCCC2)sc2c1CCCC2. The zero-order valence-electron chi connectivity index (χ0n) is 13.8. The van der Waals surface area contributed by atoms with Crippen molar-refractivity contribution in [1.82, 2.24) is 0 Å². The van der Waals surface area contributed by atoms with Gasteiger partial charge in [0, 0.05) is 10.8 Å². The molecule has 0 saturated heterocycles. The molecule has 4 nitrogen and oxygen atoms in total. The van der Waals surface area contributed by atoms with Crippen LogP contribution in [0.25, 0.3) is 0 Å². The lowest BCUT2D eigenvalue weighted by atomic mass is 9.88. The highest BCUT2D eigenvalue weighted by Gasteiger charge is 2.29. The Hall–Kier alpha value is -1.36. The van der Waals surface area contributed by atoms with Crippen LogP contribution in [0.5, 0.6) is 0 Å². The quantitative estimate of drug-likeness (QED) is 0.834. The Labute approximate surface area is 141 Å². The fourth-order valence-corrected chi connectivity index (χ4v) is 4.93. The van der Waals surface area contributed by atoms with Crippen LogP contribution in [0, 0.1) is 5.92 Å². The Kier molecular flexibility index (Phi) is 5.36. The fraction of sp³-hybridized carbons (Fsp3) is 0.667. The zero-order valence-corrected chi connectivity index (χ0v) is 14.6. The molecule has 0 aliphatic heterocycles. The second-order valence-electron chi connectivity index (χ2n) is 6.46. The summed E-state index contributed by atoms with van der Waals surface area (Å²) in [6.07, 6.45) is 9.60. The molecule has 2 aliphatic carbocycles. The number of fused-ring (bicyclic) bond motifs is 1. The van der Waals surface area contributed by atoms with E-state index in [1.54, 1.807) is 11.3 Å². The van der Waals surface area contributed by atoms with Crippen LogP contribution in [0.15, 0.2) is 0 Å². The molecule has 1 fully saturated rings. The Morgan fingerprint density at radius 1 is 1.13 bits per heavy atom. The van der Waals surface area contributed by atoms with E-state index in [2.05, 4.69) is 5.32 Å². The van der Waals surface area contributed by atoms with Gasteiger partial charge in [0.1, 0.15) is 5.00 Å². The maximum Gasteiger partial charge on any atom is 0.341 e. The molecule has 1 aromatic rings. The number of nitrogens with one attached hydrogen (secondary N) is 1. The van der Waals surface area contributed by atoms with E-state index in [-0.39, 0.29) is 17.8 Å². The number of amides is 1. The van der Waals surface area contributed by atoms with Gasteiger partial charge in [-0.15, -0.1) is 11.3 Å². The standard InChI is InChI=1S/C18H25NO3S/c1-2-22-18(21)15-13-10-6-7-11-14(13)23-17(15)19-16(20)12-8-4-3-5-9-12/h12H,2-11H2,1H3,(H,19,20). The Bertz CT molecular complexity index is 587. The number of hydrogen-bond acceptors (Lipinski definition) is 4. The number of carbonyl (C=O) groups excluding carboxylic acids is 2. The maximum absolute atomic E-state index is 12.6. The first kappa shape index (κ1) is 16.5. The van der Waals surface area contributed by atoms with E-state index < -0.39 is 0 Å². The van der Waals surface area contributed by atoms with Crippen LogP contribution < -0.4 is 5.32 Å². The lowest BCUT2D eigenvalue weighted by Crippen LogP contribution is -2.25. The molecule has 0 unspecified atom stereocenters. The normalized spacial score (nSPS) is 18.3. The first-order valence-electron chi connectivity index (χ1n) is 8.83. The summed E-state index contributed by atoms with van der Waals surface area (Å²) in [5.74, 6) is -0.113. The summed E-state index contributed by atoms with van der Waals surface area (Å²) >= 11 is 1.58. The molecule has 2 aliphatic rings. The average molecular weight is 335 g/mol. The molecular formula is C18H25NO3S. The van der Waals surface area contributed by atoms with Crippen molar-refractivity contribution in [2.75, 3.05) is 11.9 Å². The van der Waals surface area contributed by atoms with E-state index in [0.717, 1.165) is 56.9 Å². The van der Waals surface area contributed by atoms with Crippen LogP contribution in [0.4, 0.5) is 5.00 Å². The number of esters is 1. The minimum absolute atomic E-state index is 0.0776. The number of ether oxygens (including phenoxy) is 1. The van der Waals surface area contributed by atoms with Crippen LogP contribution in [-0.4, -0.2) is 18.5 Å². The third kappa shape index (κ3) is 3.60. The van der Waals surface area contributed by atoms with E-state index in [1.807, 2.05) is 6.92 Å². The van der Waals surface area contributed by atoms with Gasteiger partial charge in [0.25, 0.3) is 0 Å². The van der Waals surface area contributed by atoms with Crippen molar-refractivity contribution < 1.29 is 14.3 Å². The minimum Gasteiger partial charge on any atom is -0.462 e. The van der Waals surface area contributed by atoms with Crippen LogP contribution in [0.2, 0.25) is 0 Å². The van der Waals surface area contributed by atoms with Crippen LogP contribution in [-0.2, 0) is 22.4 Å². The number of rotatable bonds is 4. The summed E-state index contributed by atoms with van der Waals surface area (Å²) < 4.78 is 5.24. The molecule has 1 saturated carbocycles. The van der Waals surface area contributed by atoms with Gasteiger partial charge < -0.3 is 10.1 Å². The lowest BCUT2D eigenvalue weighted by Gasteiger charge is -2.20. The molecule has 1 N–H and O–H groups in total. The molecule has 126 valence electrons. The van der Waals surface area contributed by atoms with Crippen molar-refractivity contribution in [1.29, 1.82) is 0 Å². The van der Waals surface area contributed by atoms with E-state index in [0.29, 0.717) is 17.2 Å². The average Bonchev–Trinajstić information content (AvgIpc) is 2.93. The third-order valence-corrected chi connectivity index (χ3v) is 6.07. The van der Waals surface area contributed by atoms with Crippen molar-refractivity contribution in [2.24, 2.45) is 5.92 Å². The molecule has 5 heteroatoms. The highest BCUT2D eigenvalue weighted by atomic mass is 32.1. The molecule has 3 rings (SSSR count). The second-order valence-corrected chi connectivity index (χ2v) is 7.56. The molecule has 0 radical (unpaired) electrons. The van der Waals surface area contributed by atoms with Crippen molar-refractivity contribution in [3.8, 4) is 0 Å². The molecule has 1 amide bonds. The predicted octanol–water partition coefficient (Wildman–Crippen LogP) is 4.32. The van der Waals surface area contributed by atoms with Gasteiger partial charge in [-0.1, -0.05) is 19.3 Å². The van der Waals surface area contributed by atoms with Crippen molar-refractivity contribution >= 4 is 28.2 Å². The third-order valence-electron chi connectivity index (χ3n) is 4.86. The molecule has 0 bridgehead atoms.